The second-order valence-corrected chi connectivity index (χ2v) is 3.69. The Hall–Kier alpha value is -2.15. The molecule has 0 saturated carbocycles. The average Bonchev–Trinajstić information content (AvgIpc) is 2.27. The van der Waals surface area contributed by atoms with Gasteiger partial charge in [-0.3, -0.25) is 9.59 Å². The molecular weight excluding hydrogens is 264 g/mol. The van der Waals surface area contributed by atoms with Gasteiger partial charge in [-0.2, -0.15) is 0 Å². The molecule has 0 unspecified atom stereocenters. The van der Waals surface area contributed by atoms with Crippen molar-refractivity contribution in [2.24, 2.45) is 0 Å². The number of rotatable bonds is 5. The van der Waals surface area contributed by atoms with E-state index in [-0.39, 0.29) is 10.8 Å². The molecule has 0 saturated heterocycles. The lowest BCUT2D eigenvalue weighted by Crippen LogP contribution is -2.42. The van der Waals surface area contributed by atoms with Crippen LogP contribution in [0.3, 0.4) is 0 Å². The van der Waals surface area contributed by atoms with E-state index in [9.17, 15) is 14.4 Å². The molecule has 0 fully saturated rings. The third kappa shape index (κ3) is 4.02. The third-order valence-electron chi connectivity index (χ3n) is 1.93. The van der Waals surface area contributed by atoms with Gasteiger partial charge in [-0.15, -0.1) is 0 Å². The Morgan fingerprint density at radius 2 is 2.00 bits per heavy atom. The highest BCUT2D eigenvalue weighted by atomic mass is 35.5. The average molecular weight is 273 g/mol. The van der Waals surface area contributed by atoms with Crippen molar-refractivity contribution >= 4 is 29.4 Å². The number of carbonyl (C=O) groups excluding carboxylic acids is 1. The molecule has 0 aromatic carbocycles. The van der Waals surface area contributed by atoms with E-state index in [0.29, 0.717) is 0 Å². The molecule has 96 valence electrons. The fraction of sp³-hybridized carbons (Fsp3) is 0.200. The normalized spacial score (nSPS) is 11.6. The Morgan fingerprint density at radius 1 is 1.33 bits per heavy atom. The van der Waals surface area contributed by atoms with Crippen molar-refractivity contribution in [1.82, 2.24) is 10.3 Å². The van der Waals surface area contributed by atoms with Gasteiger partial charge in [0.05, 0.1) is 6.42 Å². The summed E-state index contributed by atoms with van der Waals surface area (Å²) < 4.78 is 0. The fourth-order valence-electron chi connectivity index (χ4n) is 1.14. The minimum Gasteiger partial charge on any atom is -0.481 e. The molecule has 1 atom stereocenters. The highest BCUT2D eigenvalue weighted by Crippen LogP contribution is 2.05. The second kappa shape index (κ2) is 5.97. The molecule has 3 N–H and O–H groups in total. The number of nitrogens with one attached hydrogen (secondary N) is 1. The lowest BCUT2D eigenvalue weighted by molar-refractivity contribution is -0.145. The van der Waals surface area contributed by atoms with E-state index in [2.05, 4.69) is 10.3 Å². The number of hydrogen-bond donors (Lipinski definition) is 3. The smallest absolute Gasteiger partial charge is 0.326 e. The molecule has 0 bridgehead atoms. The zero-order valence-electron chi connectivity index (χ0n) is 8.96. The summed E-state index contributed by atoms with van der Waals surface area (Å²) in [6.07, 6.45) is -0.721. The maximum Gasteiger partial charge on any atom is 0.326 e. The summed E-state index contributed by atoms with van der Waals surface area (Å²) in [5, 5.41) is 19.4. The van der Waals surface area contributed by atoms with Gasteiger partial charge in [-0.1, -0.05) is 17.7 Å². The molecule has 0 aliphatic carbocycles. The van der Waals surface area contributed by atoms with Crippen molar-refractivity contribution in [2.45, 2.75) is 12.5 Å². The molecule has 0 aliphatic rings. The van der Waals surface area contributed by atoms with Crippen LogP contribution in [0.1, 0.15) is 16.9 Å². The van der Waals surface area contributed by atoms with Gasteiger partial charge in [0.25, 0.3) is 5.91 Å². The van der Waals surface area contributed by atoms with Crippen LogP contribution in [0.2, 0.25) is 5.15 Å². The van der Waals surface area contributed by atoms with E-state index < -0.39 is 30.3 Å². The zero-order valence-corrected chi connectivity index (χ0v) is 9.72. The highest BCUT2D eigenvalue weighted by molar-refractivity contribution is 6.29. The number of carboxylic acid groups (broad SMARTS) is 2. The minimum atomic E-state index is -1.52. The quantitative estimate of drug-likeness (QED) is 0.668. The van der Waals surface area contributed by atoms with Crippen molar-refractivity contribution in [3.05, 3.63) is 29.0 Å². The van der Waals surface area contributed by atoms with Crippen LogP contribution in [-0.2, 0) is 9.59 Å². The van der Waals surface area contributed by atoms with Gasteiger partial charge in [-0.25, -0.2) is 9.78 Å². The van der Waals surface area contributed by atoms with Gasteiger partial charge in [0.15, 0.2) is 0 Å². The van der Waals surface area contributed by atoms with E-state index in [4.69, 9.17) is 21.8 Å². The number of carboxylic acids is 2. The van der Waals surface area contributed by atoms with Crippen LogP contribution in [0, 0.1) is 0 Å². The number of amides is 1. The molecule has 1 aromatic rings. The summed E-state index contributed by atoms with van der Waals surface area (Å²) in [6, 6.07) is 2.73. The summed E-state index contributed by atoms with van der Waals surface area (Å²) in [7, 11) is 0. The number of carbonyl (C=O) groups is 3. The summed E-state index contributed by atoms with van der Waals surface area (Å²) in [6.45, 7) is 0. The molecule has 0 spiro atoms. The predicted octanol–water partition coefficient (Wildman–Crippen LogP) is 0.393. The maximum absolute atomic E-state index is 11.6. The van der Waals surface area contributed by atoms with E-state index in [1.165, 1.54) is 18.2 Å². The number of pyridine rings is 1. The zero-order chi connectivity index (χ0) is 13.7. The topological polar surface area (TPSA) is 117 Å². The standard InChI is InChI=1S/C10H9ClN2O5/c11-7-3-1-2-5(12-7)9(16)13-6(10(17)18)4-8(14)15/h1-3,6H,4H2,(H,13,16)(H,14,15)(H,17,18)/t6-/m1/s1. The monoisotopic (exact) mass is 272 g/mol. The van der Waals surface area contributed by atoms with Crippen LogP contribution in [0.15, 0.2) is 18.2 Å². The summed E-state index contributed by atoms with van der Waals surface area (Å²) in [5.74, 6) is -3.57. The predicted molar refractivity (Wildman–Crippen MR) is 60.4 cm³/mol. The van der Waals surface area contributed by atoms with Crippen LogP contribution < -0.4 is 5.32 Å². The Balaban J connectivity index is 2.78. The van der Waals surface area contributed by atoms with E-state index >= 15 is 0 Å². The van der Waals surface area contributed by atoms with Gasteiger partial charge in [0, 0.05) is 0 Å². The van der Waals surface area contributed by atoms with Crippen LogP contribution in [0.5, 0.6) is 0 Å². The summed E-state index contributed by atoms with van der Waals surface area (Å²) in [5.41, 5.74) is -0.0841. The molecule has 1 rings (SSSR count). The van der Waals surface area contributed by atoms with Crippen molar-refractivity contribution in [3.63, 3.8) is 0 Å². The molecule has 8 heteroatoms. The van der Waals surface area contributed by atoms with Gasteiger partial charge in [0.2, 0.25) is 0 Å². The Labute approximate surface area is 106 Å². The minimum absolute atomic E-state index is 0.0766. The van der Waals surface area contributed by atoms with Crippen molar-refractivity contribution in [3.8, 4) is 0 Å². The first-order valence-electron chi connectivity index (χ1n) is 4.78. The number of aromatic nitrogens is 1. The van der Waals surface area contributed by atoms with Gasteiger partial charge >= 0.3 is 11.9 Å². The summed E-state index contributed by atoms with van der Waals surface area (Å²) >= 11 is 5.57. The third-order valence-corrected chi connectivity index (χ3v) is 2.14. The molecule has 0 aliphatic heterocycles. The van der Waals surface area contributed by atoms with Gasteiger partial charge in [-0.05, 0) is 12.1 Å². The molecule has 1 heterocycles. The summed E-state index contributed by atoms with van der Waals surface area (Å²) in [4.78, 5) is 36.5. The number of halogens is 1. The molecule has 0 radical (unpaired) electrons. The Bertz CT molecular complexity index is 491. The van der Waals surface area contributed by atoms with Crippen LogP contribution in [-0.4, -0.2) is 39.1 Å². The first-order chi connectivity index (χ1) is 8.40. The number of aliphatic carboxylic acids is 2. The van der Waals surface area contributed by atoms with E-state index in [1.807, 2.05) is 0 Å². The van der Waals surface area contributed by atoms with E-state index in [0.717, 1.165) is 0 Å². The SMILES string of the molecule is O=C(O)C[C@@H](NC(=O)c1cccc(Cl)n1)C(=O)O. The molecule has 1 aromatic heterocycles. The molecule has 18 heavy (non-hydrogen) atoms. The van der Waals surface area contributed by atoms with E-state index in [1.54, 1.807) is 0 Å². The first-order valence-corrected chi connectivity index (χ1v) is 5.16. The van der Waals surface area contributed by atoms with Crippen LogP contribution in [0.25, 0.3) is 0 Å². The highest BCUT2D eigenvalue weighted by Gasteiger charge is 2.24. The second-order valence-electron chi connectivity index (χ2n) is 3.31. The van der Waals surface area contributed by atoms with Crippen molar-refractivity contribution in [2.75, 3.05) is 0 Å². The largest absolute Gasteiger partial charge is 0.481 e. The number of hydrogen-bond acceptors (Lipinski definition) is 4. The fourth-order valence-corrected chi connectivity index (χ4v) is 1.31. The lowest BCUT2D eigenvalue weighted by atomic mass is 10.2. The molecule has 1 amide bonds. The molecule has 7 nitrogen and oxygen atoms in total. The Morgan fingerprint density at radius 3 is 2.50 bits per heavy atom. The Kier molecular flexibility index (Phi) is 4.61. The van der Waals surface area contributed by atoms with Crippen molar-refractivity contribution < 1.29 is 24.6 Å². The molecular formula is C10H9ClN2O5. The van der Waals surface area contributed by atoms with Crippen LogP contribution >= 0.6 is 11.6 Å². The first kappa shape index (κ1) is 13.9. The van der Waals surface area contributed by atoms with Gasteiger partial charge < -0.3 is 15.5 Å². The number of nitrogens with zero attached hydrogens (tertiary/aromatic N) is 1. The maximum atomic E-state index is 11.6. The van der Waals surface area contributed by atoms with Gasteiger partial charge in [0.1, 0.15) is 16.9 Å². The lowest BCUT2D eigenvalue weighted by Gasteiger charge is -2.11. The van der Waals surface area contributed by atoms with Crippen molar-refractivity contribution in [1.29, 1.82) is 0 Å². The van der Waals surface area contributed by atoms with Crippen LogP contribution in [0.4, 0.5) is 0 Å².